The van der Waals surface area contributed by atoms with Gasteiger partial charge >= 0.3 is 0 Å². The molecule has 0 amide bonds. The SMILES string of the molecule is CCc1nccn1Cc1cc(-c2ccc(C#CC3CC3COC)cc2)on1. The van der Waals surface area contributed by atoms with Crippen LogP contribution in [0.2, 0.25) is 0 Å². The van der Waals surface area contributed by atoms with Gasteiger partial charge in [-0.2, -0.15) is 0 Å². The van der Waals surface area contributed by atoms with Crippen molar-refractivity contribution in [2.24, 2.45) is 11.8 Å². The molecule has 1 fully saturated rings. The van der Waals surface area contributed by atoms with Crippen molar-refractivity contribution in [3.63, 3.8) is 0 Å². The number of imidazole rings is 1. The van der Waals surface area contributed by atoms with Gasteiger partial charge in [0.2, 0.25) is 0 Å². The minimum absolute atomic E-state index is 0.484. The summed E-state index contributed by atoms with van der Waals surface area (Å²) in [6.07, 6.45) is 5.83. The molecule has 0 radical (unpaired) electrons. The van der Waals surface area contributed by atoms with E-state index in [-0.39, 0.29) is 0 Å². The summed E-state index contributed by atoms with van der Waals surface area (Å²) in [5.74, 6) is 9.50. The Hall–Kier alpha value is -2.84. The van der Waals surface area contributed by atoms with Gasteiger partial charge < -0.3 is 13.8 Å². The fourth-order valence-corrected chi connectivity index (χ4v) is 3.21. The Balaban J connectivity index is 1.41. The highest BCUT2D eigenvalue weighted by Crippen LogP contribution is 2.37. The van der Waals surface area contributed by atoms with Crippen molar-refractivity contribution in [3.8, 4) is 23.2 Å². The molecular formula is C22H23N3O2. The molecule has 2 heterocycles. The van der Waals surface area contributed by atoms with Crippen molar-refractivity contribution in [2.45, 2.75) is 26.3 Å². The van der Waals surface area contributed by atoms with Crippen molar-refractivity contribution in [1.82, 2.24) is 14.7 Å². The molecule has 1 aliphatic rings. The Morgan fingerprint density at radius 1 is 1.30 bits per heavy atom. The maximum absolute atomic E-state index is 5.53. The number of methoxy groups -OCH3 is 1. The lowest BCUT2D eigenvalue weighted by Crippen LogP contribution is -2.03. The first kappa shape index (κ1) is 17.6. The number of ether oxygens (including phenoxy) is 1. The van der Waals surface area contributed by atoms with Crippen LogP contribution in [0.15, 0.2) is 47.2 Å². The van der Waals surface area contributed by atoms with Crippen molar-refractivity contribution >= 4 is 0 Å². The largest absolute Gasteiger partial charge is 0.384 e. The second-order valence-corrected chi connectivity index (χ2v) is 6.91. The highest BCUT2D eigenvalue weighted by Gasteiger charge is 2.35. The van der Waals surface area contributed by atoms with Crippen LogP contribution in [0.1, 0.15) is 30.4 Å². The number of hydrogen-bond acceptors (Lipinski definition) is 4. The molecule has 4 rings (SSSR count). The molecule has 1 aliphatic carbocycles. The summed E-state index contributed by atoms with van der Waals surface area (Å²) in [5, 5.41) is 4.20. The Morgan fingerprint density at radius 2 is 2.15 bits per heavy atom. The Bertz CT molecular complexity index is 959. The zero-order valence-electron chi connectivity index (χ0n) is 15.7. The van der Waals surface area contributed by atoms with E-state index in [1.165, 1.54) is 0 Å². The van der Waals surface area contributed by atoms with Gasteiger partial charge in [-0.3, -0.25) is 0 Å². The maximum atomic E-state index is 5.53. The third kappa shape index (κ3) is 4.12. The molecule has 2 atom stereocenters. The third-order valence-electron chi connectivity index (χ3n) is 4.88. The summed E-state index contributed by atoms with van der Waals surface area (Å²) in [7, 11) is 1.74. The van der Waals surface area contributed by atoms with Gasteiger partial charge in [0.15, 0.2) is 5.76 Å². The summed E-state index contributed by atoms with van der Waals surface area (Å²) < 4.78 is 12.8. The van der Waals surface area contributed by atoms with Crippen LogP contribution < -0.4 is 0 Å². The molecule has 27 heavy (non-hydrogen) atoms. The number of aromatic nitrogens is 3. The van der Waals surface area contributed by atoms with Gasteiger partial charge in [-0.05, 0) is 36.6 Å². The van der Waals surface area contributed by atoms with Gasteiger partial charge in [-0.25, -0.2) is 4.98 Å². The minimum atomic E-state index is 0.484. The number of aryl methyl sites for hydroxylation is 1. The summed E-state index contributed by atoms with van der Waals surface area (Å²) in [6, 6.07) is 10.1. The van der Waals surface area contributed by atoms with Crippen LogP contribution in [0.4, 0.5) is 0 Å². The third-order valence-corrected chi connectivity index (χ3v) is 4.88. The maximum Gasteiger partial charge on any atom is 0.167 e. The van der Waals surface area contributed by atoms with Crippen LogP contribution in [-0.4, -0.2) is 28.4 Å². The normalized spacial score (nSPS) is 18.1. The van der Waals surface area contributed by atoms with E-state index in [0.717, 1.165) is 47.9 Å². The molecule has 5 heteroatoms. The van der Waals surface area contributed by atoms with E-state index in [0.29, 0.717) is 18.4 Å². The van der Waals surface area contributed by atoms with Gasteiger partial charge in [0.1, 0.15) is 11.5 Å². The average molecular weight is 361 g/mol. The number of nitrogens with zero attached hydrogens (tertiary/aromatic N) is 3. The topological polar surface area (TPSA) is 53.1 Å². The first-order valence-electron chi connectivity index (χ1n) is 9.33. The summed E-state index contributed by atoms with van der Waals surface area (Å²) >= 11 is 0. The zero-order valence-corrected chi connectivity index (χ0v) is 15.7. The van der Waals surface area contributed by atoms with E-state index in [4.69, 9.17) is 9.26 Å². The van der Waals surface area contributed by atoms with E-state index in [1.54, 1.807) is 7.11 Å². The van der Waals surface area contributed by atoms with E-state index in [9.17, 15) is 0 Å². The second kappa shape index (κ2) is 7.81. The first-order chi connectivity index (χ1) is 13.3. The van der Waals surface area contributed by atoms with Crippen molar-refractivity contribution in [2.75, 3.05) is 13.7 Å². The molecule has 138 valence electrons. The quantitative estimate of drug-likeness (QED) is 0.627. The van der Waals surface area contributed by atoms with Gasteiger partial charge in [0.25, 0.3) is 0 Å². The molecule has 0 spiro atoms. The number of rotatable bonds is 6. The predicted octanol–water partition coefficient (Wildman–Crippen LogP) is 3.78. The predicted molar refractivity (Wildman–Crippen MR) is 103 cm³/mol. The smallest absolute Gasteiger partial charge is 0.167 e. The Labute approximate surface area is 159 Å². The molecule has 0 saturated heterocycles. The van der Waals surface area contributed by atoms with Gasteiger partial charge in [0.05, 0.1) is 13.2 Å². The Kier molecular flexibility index (Phi) is 5.08. The van der Waals surface area contributed by atoms with E-state index in [2.05, 4.69) is 33.5 Å². The molecular weight excluding hydrogens is 338 g/mol. The van der Waals surface area contributed by atoms with Gasteiger partial charge in [-0.1, -0.05) is 23.9 Å². The van der Waals surface area contributed by atoms with E-state index >= 15 is 0 Å². The summed E-state index contributed by atoms with van der Waals surface area (Å²) in [6.45, 7) is 3.57. The first-order valence-corrected chi connectivity index (χ1v) is 9.33. The molecule has 2 unspecified atom stereocenters. The van der Waals surface area contributed by atoms with Crippen molar-refractivity contribution in [1.29, 1.82) is 0 Å². The fourth-order valence-electron chi connectivity index (χ4n) is 3.21. The lowest BCUT2D eigenvalue weighted by Gasteiger charge is -2.02. The molecule has 1 saturated carbocycles. The highest BCUT2D eigenvalue weighted by molar-refractivity contribution is 5.59. The van der Waals surface area contributed by atoms with Crippen molar-refractivity contribution < 1.29 is 9.26 Å². The standard InChI is InChI=1S/C22H23N3O2/c1-3-22-23-10-11-25(22)14-20-13-21(27-24-20)17-7-4-16(5-8-17)6-9-18-12-19(18)15-26-2/h4-5,7-8,10-11,13,18-19H,3,12,14-15H2,1-2H3. The van der Waals surface area contributed by atoms with Gasteiger partial charge in [0, 0.05) is 49.0 Å². The number of hydrogen-bond donors (Lipinski definition) is 0. The van der Waals surface area contributed by atoms with E-state index < -0.39 is 0 Å². The van der Waals surface area contributed by atoms with Crippen LogP contribution >= 0.6 is 0 Å². The van der Waals surface area contributed by atoms with Crippen LogP contribution in [-0.2, 0) is 17.7 Å². The second-order valence-electron chi connectivity index (χ2n) is 6.91. The Morgan fingerprint density at radius 3 is 2.93 bits per heavy atom. The number of benzene rings is 1. The molecule has 2 aromatic heterocycles. The molecule has 0 N–H and O–H groups in total. The molecule has 1 aromatic carbocycles. The fraction of sp³-hybridized carbons (Fsp3) is 0.364. The highest BCUT2D eigenvalue weighted by atomic mass is 16.5. The van der Waals surface area contributed by atoms with Crippen LogP contribution in [0.25, 0.3) is 11.3 Å². The minimum Gasteiger partial charge on any atom is -0.384 e. The lowest BCUT2D eigenvalue weighted by molar-refractivity contribution is 0.183. The molecule has 5 nitrogen and oxygen atoms in total. The average Bonchev–Trinajstić information content (AvgIpc) is 3.07. The summed E-state index contributed by atoms with van der Waals surface area (Å²) in [4.78, 5) is 4.34. The van der Waals surface area contributed by atoms with Gasteiger partial charge in [-0.15, -0.1) is 0 Å². The summed E-state index contributed by atoms with van der Waals surface area (Å²) in [5.41, 5.74) is 2.91. The van der Waals surface area contributed by atoms with Crippen LogP contribution in [0, 0.1) is 23.7 Å². The van der Waals surface area contributed by atoms with E-state index in [1.807, 2.05) is 42.7 Å². The lowest BCUT2D eigenvalue weighted by atomic mass is 10.1. The zero-order chi connectivity index (χ0) is 18.6. The van der Waals surface area contributed by atoms with Crippen LogP contribution in [0.3, 0.4) is 0 Å². The van der Waals surface area contributed by atoms with Crippen molar-refractivity contribution in [3.05, 3.63) is 59.8 Å². The van der Waals surface area contributed by atoms with Crippen LogP contribution in [0.5, 0.6) is 0 Å². The molecule has 0 aliphatic heterocycles. The molecule has 3 aromatic rings. The monoisotopic (exact) mass is 361 g/mol. The molecule has 0 bridgehead atoms.